The van der Waals surface area contributed by atoms with Crippen molar-refractivity contribution in [3.05, 3.63) is 52.4 Å². The maximum atomic E-state index is 12.7. The van der Waals surface area contributed by atoms with Gasteiger partial charge in [0.2, 0.25) is 16.1 Å². The first-order chi connectivity index (χ1) is 9.93. The molecule has 0 saturated carbocycles. The first-order valence-corrected chi connectivity index (χ1v) is 7.80. The van der Waals surface area contributed by atoms with Crippen LogP contribution in [0.15, 0.2) is 57.3 Å². The molecule has 1 aliphatic heterocycles. The molecule has 1 aliphatic rings. The molecule has 7 heteroatoms. The fourth-order valence-corrected chi connectivity index (χ4v) is 4.26. The van der Waals surface area contributed by atoms with E-state index < -0.39 is 32.0 Å². The Bertz CT molecular complexity index is 880. The van der Waals surface area contributed by atoms with Crippen LogP contribution in [0.3, 0.4) is 0 Å². The molecule has 0 aromatic heterocycles. The number of sulfone groups is 1. The Balaban J connectivity index is 2.30. The third-order valence-corrected chi connectivity index (χ3v) is 5.56. The number of halogens is 1. The summed E-state index contributed by atoms with van der Waals surface area (Å²) in [6, 6.07) is 11.6. The third-order valence-electron chi connectivity index (χ3n) is 3.17. The van der Waals surface area contributed by atoms with Crippen molar-refractivity contribution in [3.63, 3.8) is 0 Å². The Morgan fingerprint density at radius 3 is 2.43 bits per heavy atom. The number of aliphatic hydroxyl groups is 1. The lowest BCUT2D eigenvalue weighted by atomic mass is 10.1. The highest BCUT2D eigenvalue weighted by molar-refractivity contribution is 7.95. The van der Waals surface area contributed by atoms with E-state index in [4.69, 9.17) is 11.6 Å². The lowest BCUT2D eigenvalue weighted by molar-refractivity contribution is -0.150. The smallest absolute Gasteiger partial charge is 0.353 e. The second kappa shape index (κ2) is 4.84. The van der Waals surface area contributed by atoms with Crippen molar-refractivity contribution >= 4 is 38.2 Å². The number of ether oxygens (including phenoxy) is 1. The third kappa shape index (κ3) is 2.12. The van der Waals surface area contributed by atoms with Crippen molar-refractivity contribution in [1.82, 2.24) is 0 Å². The highest BCUT2D eigenvalue weighted by atomic mass is 35.5. The minimum Gasteiger partial charge on any atom is -0.426 e. The van der Waals surface area contributed by atoms with Gasteiger partial charge >= 0.3 is 5.97 Å². The predicted molar refractivity (Wildman–Crippen MR) is 76.1 cm³/mol. The van der Waals surface area contributed by atoms with Crippen LogP contribution in [-0.4, -0.2) is 25.8 Å². The molecule has 1 heterocycles. The Kier molecular flexibility index (Phi) is 3.24. The zero-order chi connectivity index (χ0) is 15.2. The molecule has 0 spiro atoms. The van der Waals surface area contributed by atoms with Crippen molar-refractivity contribution in [1.29, 1.82) is 0 Å². The fourth-order valence-electron chi connectivity index (χ4n) is 2.21. The van der Waals surface area contributed by atoms with E-state index in [-0.39, 0.29) is 4.90 Å². The largest absolute Gasteiger partial charge is 0.426 e. The number of rotatable bonds is 2. The molecule has 0 radical (unpaired) electrons. The molecule has 3 rings (SSSR count). The van der Waals surface area contributed by atoms with Gasteiger partial charge in [-0.1, -0.05) is 48.0 Å². The Morgan fingerprint density at radius 1 is 1.10 bits per heavy atom. The zero-order valence-electron chi connectivity index (χ0n) is 10.5. The summed E-state index contributed by atoms with van der Waals surface area (Å²) in [6.45, 7) is 0. The minimum atomic E-state index is -4.14. The van der Waals surface area contributed by atoms with Gasteiger partial charge in [0.05, 0.1) is 4.90 Å². The van der Waals surface area contributed by atoms with E-state index in [1.165, 1.54) is 6.07 Å². The van der Waals surface area contributed by atoms with Gasteiger partial charge in [-0.25, -0.2) is 13.2 Å². The van der Waals surface area contributed by atoms with Crippen LogP contribution in [0.5, 0.6) is 0 Å². The van der Waals surface area contributed by atoms with Gasteiger partial charge in [-0.05, 0) is 11.5 Å². The van der Waals surface area contributed by atoms with Crippen molar-refractivity contribution in [3.8, 4) is 0 Å². The molecule has 0 fully saturated rings. The maximum Gasteiger partial charge on any atom is 0.353 e. The minimum absolute atomic E-state index is 0.0360. The van der Waals surface area contributed by atoms with Crippen molar-refractivity contribution in [2.75, 3.05) is 0 Å². The maximum absolute atomic E-state index is 12.7. The van der Waals surface area contributed by atoms with Gasteiger partial charge in [-0.15, -0.1) is 0 Å². The lowest BCUT2D eigenvalue weighted by Crippen LogP contribution is -2.17. The number of carbonyl (C=O) groups is 1. The van der Waals surface area contributed by atoms with Gasteiger partial charge in [0.1, 0.15) is 9.94 Å². The normalized spacial score (nSPS) is 19.1. The topological polar surface area (TPSA) is 80.7 Å². The molecule has 0 amide bonds. The van der Waals surface area contributed by atoms with E-state index in [2.05, 4.69) is 4.74 Å². The van der Waals surface area contributed by atoms with Crippen LogP contribution in [0.25, 0.3) is 10.8 Å². The number of cyclic esters (lactones) is 1. The van der Waals surface area contributed by atoms with Crippen molar-refractivity contribution in [2.45, 2.75) is 11.2 Å². The predicted octanol–water partition coefficient (Wildman–Crippen LogP) is 1.94. The molecule has 0 bridgehead atoms. The van der Waals surface area contributed by atoms with Crippen LogP contribution in [0.4, 0.5) is 0 Å². The summed E-state index contributed by atoms with van der Waals surface area (Å²) in [6.07, 6.45) is -1.88. The quantitative estimate of drug-likeness (QED) is 0.854. The number of hydrogen-bond donors (Lipinski definition) is 1. The molecule has 2 aromatic rings. The van der Waals surface area contributed by atoms with E-state index >= 15 is 0 Å². The highest BCUT2D eigenvalue weighted by Crippen LogP contribution is 2.35. The Morgan fingerprint density at radius 2 is 1.76 bits per heavy atom. The summed E-state index contributed by atoms with van der Waals surface area (Å²) in [5, 5.41) is 10.2. The molecule has 108 valence electrons. The summed E-state index contributed by atoms with van der Waals surface area (Å²) in [5.74, 6) is -1.05. The van der Waals surface area contributed by atoms with Crippen LogP contribution < -0.4 is 0 Å². The van der Waals surface area contributed by atoms with Gasteiger partial charge in [0.25, 0.3) is 0 Å². The molecule has 1 N–H and O–H groups in total. The number of esters is 1. The fraction of sp³-hybridized carbons (Fsp3) is 0.0714. The van der Waals surface area contributed by atoms with Crippen LogP contribution in [0.1, 0.15) is 0 Å². The molecule has 1 atom stereocenters. The number of hydrogen-bond acceptors (Lipinski definition) is 5. The number of benzene rings is 2. The summed E-state index contributed by atoms with van der Waals surface area (Å²) >= 11 is 5.68. The highest BCUT2D eigenvalue weighted by Gasteiger charge is 2.41. The first kappa shape index (κ1) is 14.1. The van der Waals surface area contributed by atoms with E-state index in [1.54, 1.807) is 36.4 Å². The summed E-state index contributed by atoms with van der Waals surface area (Å²) < 4.78 is 29.8. The molecule has 2 aromatic carbocycles. The molecule has 1 unspecified atom stereocenters. The van der Waals surface area contributed by atoms with Crippen LogP contribution in [0.2, 0.25) is 0 Å². The van der Waals surface area contributed by atoms with Crippen molar-refractivity contribution in [2.24, 2.45) is 0 Å². The second-order valence-corrected chi connectivity index (χ2v) is 6.68. The summed E-state index contributed by atoms with van der Waals surface area (Å²) in [7, 11) is -4.14. The monoisotopic (exact) mass is 324 g/mol. The van der Waals surface area contributed by atoms with Gasteiger partial charge in [0.15, 0.2) is 0 Å². The zero-order valence-corrected chi connectivity index (χ0v) is 12.1. The van der Waals surface area contributed by atoms with Gasteiger partial charge < -0.3 is 9.84 Å². The average molecular weight is 325 g/mol. The standard InChI is InChI=1S/C14H9ClO5S/c15-11-12(14(17)20-13(11)16)21(18,19)10-7-3-5-8-4-1-2-6-9(8)10/h1-7,14,17H. The van der Waals surface area contributed by atoms with Gasteiger partial charge in [-0.3, -0.25) is 0 Å². The second-order valence-electron chi connectivity index (χ2n) is 4.42. The number of aliphatic hydroxyl groups excluding tert-OH is 1. The number of fused-ring (bicyclic) bond motifs is 1. The van der Waals surface area contributed by atoms with E-state index in [0.29, 0.717) is 5.39 Å². The molecule has 5 nitrogen and oxygen atoms in total. The van der Waals surface area contributed by atoms with Crippen molar-refractivity contribution < 1.29 is 23.1 Å². The molecule has 0 aliphatic carbocycles. The van der Waals surface area contributed by atoms with E-state index in [1.807, 2.05) is 0 Å². The average Bonchev–Trinajstić information content (AvgIpc) is 2.71. The van der Waals surface area contributed by atoms with Crippen LogP contribution >= 0.6 is 11.6 Å². The van der Waals surface area contributed by atoms with Gasteiger partial charge in [-0.2, -0.15) is 0 Å². The first-order valence-electron chi connectivity index (χ1n) is 5.94. The Hall–Kier alpha value is -1.89. The number of carbonyl (C=O) groups excluding carboxylic acids is 1. The summed E-state index contributed by atoms with van der Waals surface area (Å²) in [4.78, 5) is 10.6. The molecular weight excluding hydrogens is 316 g/mol. The van der Waals surface area contributed by atoms with Crippen LogP contribution in [-0.2, 0) is 19.4 Å². The molecule has 21 heavy (non-hydrogen) atoms. The molecular formula is C14H9ClO5S. The SMILES string of the molecule is O=C1OC(O)C(S(=O)(=O)c2cccc3ccccc23)=C1Cl. The lowest BCUT2D eigenvalue weighted by Gasteiger charge is -2.11. The molecule has 0 saturated heterocycles. The summed E-state index contributed by atoms with van der Waals surface area (Å²) in [5.41, 5.74) is 0. The van der Waals surface area contributed by atoms with Crippen LogP contribution in [0, 0.1) is 0 Å². The van der Waals surface area contributed by atoms with Gasteiger partial charge in [0, 0.05) is 5.39 Å². The Labute approximate surface area is 125 Å². The van der Waals surface area contributed by atoms with E-state index in [0.717, 1.165) is 5.39 Å². The van der Waals surface area contributed by atoms with E-state index in [9.17, 15) is 18.3 Å².